The lowest BCUT2D eigenvalue weighted by Gasteiger charge is -2.27. The van der Waals surface area contributed by atoms with E-state index >= 15 is 0 Å². The number of fused-ring (bicyclic) bond motifs is 1. The summed E-state index contributed by atoms with van der Waals surface area (Å²) in [5.74, 6) is 0.125. The number of anilines is 1. The number of hydrogen-bond acceptors (Lipinski definition) is 6. The summed E-state index contributed by atoms with van der Waals surface area (Å²) in [6.07, 6.45) is 4.08. The quantitative estimate of drug-likeness (QED) is 0.431. The maximum Gasteiger partial charge on any atom is 0.241 e. The molecular formula is C25H26N6OS. The van der Waals surface area contributed by atoms with Crippen LogP contribution < -0.4 is 4.90 Å². The molecule has 168 valence electrons. The molecule has 7 nitrogen and oxygen atoms in total. The molecule has 33 heavy (non-hydrogen) atoms. The van der Waals surface area contributed by atoms with Crippen LogP contribution in [0.1, 0.15) is 29.1 Å². The molecule has 3 heterocycles. The van der Waals surface area contributed by atoms with Gasteiger partial charge < -0.3 is 4.90 Å². The molecule has 0 saturated heterocycles. The molecule has 1 aliphatic rings. The highest BCUT2D eigenvalue weighted by atomic mass is 32.1. The topological polar surface area (TPSA) is 67.2 Å². The van der Waals surface area contributed by atoms with E-state index < -0.39 is 0 Å². The maximum atomic E-state index is 13.2. The fraction of sp³-hybridized carbons (Fsp3) is 0.280. The molecule has 8 heteroatoms. The third-order valence-electron chi connectivity index (χ3n) is 6.30. The third kappa shape index (κ3) is 4.31. The van der Waals surface area contributed by atoms with E-state index in [1.165, 1.54) is 11.9 Å². The van der Waals surface area contributed by atoms with E-state index in [-0.39, 0.29) is 11.9 Å². The Morgan fingerprint density at radius 2 is 2.03 bits per heavy atom. The van der Waals surface area contributed by atoms with Gasteiger partial charge >= 0.3 is 0 Å². The molecule has 0 bridgehead atoms. The van der Waals surface area contributed by atoms with Crippen LogP contribution in [-0.2, 0) is 11.2 Å². The zero-order valence-electron chi connectivity index (χ0n) is 19.0. The van der Waals surface area contributed by atoms with E-state index in [9.17, 15) is 4.79 Å². The summed E-state index contributed by atoms with van der Waals surface area (Å²) in [6, 6.07) is 14.6. The van der Waals surface area contributed by atoms with E-state index in [0.717, 1.165) is 46.2 Å². The number of aryl methyl sites for hydroxylation is 1. The van der Waals surface area contributed by atoms with Gasteiger partial charge in [0, 0.05) is 29.2 Å². The molecular weight excluding hydrogens is 432 g/mol. The smallest absolute Gasteiger partial charge is 0.241 e. The summed E-state index contributed by atoms with van der Waals surface area (Å²) >= 11 is 1.66. The van der Waals surface area contributed by atoms with Crippen molar-refractivity contribution >= 4 is 22.9 Å². The number of nitrogens with zero attached hydrogens (tertiary/aromatic N) is 6. The lowest BCUT2D eigenvalue weighted by atomic mass is 10.1. The molecule has 0 N–H and O–H groups in total. The van der Waals surface area contributed by atoms with Crippen molar-refractivity contribution in [2.75, 3.05) is 25.0 Å². The Kier molecular flexibility index (Phi) is 5.78. The summed E-state index contributed by atoms with van der Waals surface area (Å²) < 4.78 is 1.73. The fourth-order valence-electron chi connectivity index (χ4n) is 4.25. The standard InChI is InChI=1S/C25H26N6OS/c1-17(19-4-7-22(8-5-19)31-16-26-15-27-31)29(3)13-25(32)30-11-10-21-12-20(6-9-24(21)30)23-14-33-18(2)28-23/h4-9,12,14-17H,10-11,13H2,1-3H3. The zero-order chi connectivity index (χ0) is 22.9. The van der Waals surface area contributed by atoms with Gasteiger partial charge in [-0.25, -0.2) is 14.6 Å². The van der Waals surface area contributed by atoms with Gasteiger partial charge in [0.2, 0.25) is 5.91 Å². The maximum absolute atomic E-state index is 13.2. The molecule has 0 fully saturated rings. The number of hydrogen-bond donors (Lipinski definition) is 0. The minimum absolute atomic E-state index is 0.108. The lowest BCUT2D eigenvalue weighted by Crippen LogP contribution is -2.39. The number of carbonyl (C=O) groups excluding carboxylic acids is 1. The third-order valence-corrected chi connectivity index (χ3v) is 7.07. The van der Waals surface area contributed by atoms with Gasteiger partial charge in [-0.1, -0.05) is 18.2 Å². The monoisotopic (exact) mass is 458 g/mol. The number of likely N-dealkylation sites (N-methyl/N-ethyl adjacent to an activating group) is 1. The summed E-state index contributed by atoms with van der Waals surface area (Å²) in [7, 11) is 2.00. The van der Waals surface area contributed by atoms with Crippen LogP contribution in [0.4, 0.5) is 5.69 Å². The van der Waals surface area contributed by atoms with Crippen LogP contribution in [0.5, 0.6) is 0 Å². The van der Waals surface area contributed by atoms with Crippen LogP contribution in [0.25, 0.3) is 16.9 Å². The Labute approximate surface area is 197 Å². The summed E-state index contributed by atoms with van der Waals surface area (Å²) in [5, 5.41) is 7.31. The van der Waals surface area contributed by atoms with Crippen molar-refractivity contribution in [1.82, 2.24) is 24.6 Å². The Hall–Kier alpha value is -3.36. The molecule has 1 unspecified atom stereocenters. The molecule has 2 aromatic heterocycles. The van der Waals surface area contributed by atoms with Gasteiger partial charge in [-0.3, -0.25) is 9.69 Å². The van der Waals surface area contributed by atoms with Crippen molar-refractivity contribution in [2.45, 2.75) is 26.3 Å². The van der Waals surface area contributed by atoms with Gasteiger partial charge in [-0.15, -0.1) is 11.3 Å². The minimum Gasteiger partial charge on any atom is -0.311 e. The van der Waals surface area contributed by atoms with E-state index in [1.807, 2.05) is 31.0 Å². The molecule has 4 aromatic rings. The highest BCUT2D eigenvalue weighted by Gasteiger charge is 2.27. The Balaban J connectivity index is 1.25. The van der Waals surface area contributed by atoms with E-state index in [4.69, 9.17) is 0 Å². The van der Waals surface area contributed by atoms with Crippen LogP contribution in [0.3, 0.4) is 0 Å². The predicted octanol–water partition coefficient (Wildman–Crippen LogP) is 4.28. The number of rotatable bonds is 6. The fourth-order valence-corrected chi connectivity index (χ4v) is 4.88. The average molecular weight is 459 g/mol. The van der Waals surface area contributed by atoms with Gasteiger partial charge in [0.25, 0.3) is 0 Å². The van der Waals surface area contributed by atoms with Gasteiger partial charge in [0.15, 0.2) is 0 Å². The molecule has 1 amide bonds. The first-order valence-corrected chi connectivity index (χ1v) is 11.9. The lowest BCUT2D eigenvalue weighted by molar-refractivity contribution is -0.119. The second kappa shape index (κ2) is 8.88. The van der Waals surface area contributed by atoms with Crippen molar-refractivity contribution < 1.29 is 4.79 Å². The highest BCUT2D eigenvalue weighted by molar-refractivity contribution is 7.09. The van der Waals surface area contributed by atoms with Crippen LogP contribution in [0, 0.1) is 6.92 Å². The molecule has 5 rings (SSSR count). The second-order valence-corrected chi connectivity index (χ2v) is 9.48. The van der Waals surface area contributed by atoms with Gasteiger partial charge in [-0.2, -0.15) is 5.10 Å². The summed E-state index contributed by atoms with van der Waals surface area (Å²) in [5.41, 5.74) is 6.48. The SMILES string of the molecule is Cc1nc(-c2ccc3c(c2)CCN3C(=O)CN(C)C(C)c2ccc(-n3cncn3)cc2)cs1. The normalized spacial score (nSPS) is 14.0. The molecule has 0 radical (unpaired) electrons. The number of benzene rings is 2. The van der Waals surface area contributed by atoms with Crippen LogP contribution in [0.15, 0.2) is 60.5 Å². The number of amides is 1. The van der Waals surface area contributed by atoms with Gasteiger partial charge in [0.05, 0.1) is 22.9 Å². The van der Waals surface area contributed by atoms with Crippen molar-refractivity contribution in [3.05, 3.63) is 76.6 Å². The number of thiazole rings is 1. The van der Waals surface area contributed by atoms with E-state index in [2.05, 4.69) is 62.6 Å². The van der Waals surface area contributed by atoms with Gasteiger partial charge in [-0.05, 0) is 62.7 Å². The van der Waals surface area contributed by atoms with Crippen LogP contribution in [-0.4, -0.2) is 50.7 Å². The summed E-state index contributed by atoms with van der Waals surface area (Å²) in [4.78, 5) is 25.8. The first-order chi connectivity index (χ1) is 16.0. The Morgan fingerprint density at radius 1 is 1.21 bits per heavy atom. The van der Waals surface area contributed by atoms with Crippen molar-refractivity contribution in [3.63, 3.8) is 0 Å². The minimum atomic E-state index is 0.108. The molecule has 0 spiro atoms. The second-order valence-electron chi connectivity index (χ2n) is 8.41. The van der Waals surface area contributed by atoms with Crippen molar-refractivity contribution in [2.24, 2.45) is 0 Å². The molecule has 0 saturated carbocycles. The zero-order valence-corrected chi connectivity index (χ0v) is 19.8. The average Bonchev–Trinajstić information content (AvgIpc) is 3.59. The molecule has 1 aliphatic heterocycles. The Bertz CT molecular complexity index is 1260. The van der Waals surface area contributed by atoms with E-state index in [0.29, 0.717) is 6.54 Å². The van der Waals surface area contributed by atoms with Gasteiger partial charge in [0.1, 0.15) is 12.7 Å². The summed E-state index contributed by atoms with van der Waals surface area (Å²) in [6.45, 7) is 5.23. The number of carbonyl (C=O) groups is 1. The molecule has 2 aromatic carbocycles. The Morgan fingerprint density at radius 3 is 2.73 bits per heavy atom. The predicted molar refractivity (Wildman–Crippen MR) is 131 cm³/mol. The molecule has 1 atom stereocenters. The van der Waals surface area contributed by atoms with Crippen LogP contribution in [0.2, 0.25) is 0 Å². The van der Waals surface area contributed by atoms with Crippen LogP contribution >= 0.6 is 11.3 Å². The highest BCUT2D eigenvalue weighted by Crippen LogP contribution is 2.33. The van der Waals surface area contributed by atoms with Crippen molar-refractivity contribution in [1.29, 1.82) is 0 Å². The molecule has 0 aliphatic carbocycles. The largest absolute Gasteiger partial charge is 0.311 e. The number of aromatic nitrogens is 4. The van der Waals surface area contributed by atoms with E-state index in [1.54, 1.807) is 22.3 Å². The van der Waals surface area contributed by atoms with Crippen molar-refractivity contribution in [3.8, 4) is 16.9 Å². The first kappa shape index (κ1) is 21.5. The first-order valence-electron chi connectivity index (χ1n) is 11.0.